The molecule has 0 bridgehead atoms. The number of nitrogens with one attached hydrogen (secondary N) is 2. The first kappa shape index (κ1) is 24.2. The second-order valence-electron chi connectivity index (χ2n) is 9.20. The molecule has 8 nitrogen and oxygen atoms in total. The number of hydrogen-bond donors (Lipinski definition) is 2. The van der Waals surface area contributed by atoms with Crippen LogP contribution >= 0.6 is 11.6 Å². The number of nitrogens with zero attached hydrogens (tertiary/aromatic N) is 3. The molecule has 1 fully saturated rings. The van der Waals surface area contributed by atoms with Crippen molar-refractivity contribution in [3.8, 4) is 28.3 Å². The number of aromatic amines is 1. The zero-order valence-electron chi connectivity index (χ0n) is 20.6. The number of H-pyrrole nitrogens is 1. The number of ether oxygens (including phenoxy) is 1. The Morgan fingerprint density at radius 3 is 2.79 bits per heavy atom. The van der Waals surface area contributed by atoms with Gasteiger partial charge >= 0.3 is 0 Å². The molecule has 4 heterocycles. The first-order valence-corrected chi connectivity index (χ1v) is 13.0. The Morgan fingerprint density at radius 1 is 1.08 bits per heavy atom. The van der Waals surface area contributed by atoms with Crippen molar-refractivity contribution in [3.63, 3.8) is 0 Å². The average molecular weight is 528 g/mol. The Labute approximate surface area is 224 Å². The molecule has 0 atom stereocenters. The predicted molar refractivity (Wildman–Crippen MR) is 148 cm³/mol. The molecule has 1 aliphatic rings. The third-order valence-corrected chi connectivity index (χ3v) is 6.95. The number of imidazole rings is 1. The molecule has 9 heteroatoms. The van der Waals surface area contributed by atoms with Gasteiger partial charge in [0.1, 0.15) is 18.2 Å². The van der Waals surface area contributed by atoms with E-state index < -0.39 is 0 Å². The summed E-state index contributed by atoms with van der Waals surface area (Å²) < 4.78 is 11.3. The SMILES string of the molecule is O=C(Nc1ccc(Cl)c(-c2nc3ncc(-c4ccccc4OCCN4CCCC4)cc3[nH]2)c1)c1ccco1. The van der Waals surface area contributed by atoms with Gasteiger partial charge < -0.3 is 19.5 Å². The third-order valence-electron chi connectivity index (χ3n) is 6.62. The predicted octanol–water partition coefficient (Wildman–Crippen LogP) is 6.27. The number of likely N-dealkylation sites (tertiary alicyclic amines) is 1. The van der Waals surface area contributed by atoms with Crippen molar-refractivity contribution in [1.82, 2.24) is 19.9 Å². The summed E-state index contributed by atoms with van der Waals surface area (Å²) in [7, 11) is 0. The standard InChI is InChI=1S/C29H26ClN5O3/c30-23-10-9-20(32-29(36)26-8-5-14-37-26)17-22(23)27-33-24-16-19(18-31-28(24)34-27)21-6-1-2-7-25(21)38-15-13-35-11-3-4-12-35/h1-2,5-10,14,16-18H,3-4,11-13,15H2,(H,32,36)(H,31,33,34). The van der Waals surface area contributed by atoms with Gasteiger partial charge in [0.2, 0.25) is 0 Å². The minimum absolute atomic E-state index is 0.224. The molecule has 5 aromatic rings. The normalized spacial score (nSPS) is 13.7. The van der Waals surface area contributed by atoms with Crippen molar-refractivity contribution >= 4 is 34.4 Å². The van der Waals surface area contributed by atoms with E-state index in [0.717, 1.165) is 42.0 Å². The van der Waals surface area contributed by atoms with Crippen LogP contribution in [0.15, 0.2) is 77.5 Å². The molecule has 1 aliphatic heterocycles. The fraction of sp³-hybridized carbons (Fsp3) is 0.207. The van der Waals surface area contributed by atoms with Gasteiger partial charge in [-0.15, -0.1) is 0 Å². The van der Waals surface area contributed by atoms with E-state index in [-0.39, 0.29) is 11.7 Å². The Bertz CT molecular complexity index is 1570. The molecule has 3 aromatic heterocycles. The van der Waals surface area contributed by atoms with E-state index in [1.807, 2.05) is 30.3 Å². The van der Waals surface area contributed by atoms with Crippen LogP contribution in [0.1, 0.15) is 23.4 Å². The maximum Gasteiger partial charge on any atom is 0.291 e. The number of anilines is 1. The van der Waals surface area contributed by atoms with Crippen LogP contribution in [0.25, 0.3) is 33.7 Å². The Kier molecular flexibility index (Phi) is 6.81. The molecule has 192 valence electrons. The van der Waals surface area contributed by atoms with E-state index in [4.69, 9.17) is 20.8 Å². The monoisotopic (exact) mass is 527 g/mol. The van der Waals surface area contributed by atoms with Crippen molar-refractivity contribution in [2.75, 3.05) is 31.6 Å². The molecule has 0 spiro atoms. The Hall–Kier alpha value is -4.14. The number of aromatic nitrogens is 3. The van der Waals surface area contributed by atoms with Crippen LogP contribution in [0.2, 0.25) is 5.02 Å². The maximum absolute atomic E-state index is 12.4. The summed E-state index contributed by atoms with van der Waals surface area (Å²) in [6.07, 6.45) is 5.79. The quantitative estimate of drug-likeness (QED) is 0.247. The highest BCUT2D eigenvalue weighted by Gasteiger charge is 2.16. The number of fused-ring (bicyclic) bond motifs is 1. The molecule has 0 aliphatic carbocycles. The number of benzene rings is 2. The molecule has 0 saturated carbocycles. The number of rotatable bonds is 8. The van der Waals surface area contributed by atoms with Crippen LogP contribution < -0.4 is 10.1 Å². The molecule has 0 unspecified atom stereocenters. The highest BCUT2D eigenvalue weighted by Crippen LogP contribution is 2.33. The van der Waals surface area contributed by atoms with Gasteiger partial charge in [-0.05, 0) is 68.4 Å². The number of halogens is 1. The number of pyridine rings is 1. The first-order valence-electron chi connectivity index (χ1n) is 12.6. The zero-order valence-corrected chi connectivity index (χ0v) is 21.4. The number of carbonyl (C=O) groups is 1. The lowest BCUT2D eigenvalue weighted by Crippen LogP contribution is -2.25. The van der Waals surface area contributed by atoms with E-state index in [1.54, 1.807) is 36.5 Å². The van der Waals surface area contributed by atoms with Crippen LogP contribution in [0.4, 0.5) is 5.69 Å². The maximum atomic E-state index is 12.4. The smallest absolute Gasteiger partial charge is 0.291 e. The van der Waals surface area contributed by atoms with Crippen molar-refractivity contribution in [2.45, 2.75) is 12.8 Å². The molecule has 2 N–H and O–H groups in total. The zero-order chi connectivity index (χ0) is 25.9. The van der Waals surface area contributed by atoms with Crippen LogP contribution in [0.3, 0.4) is 0 Å². The summed E-state index contributed by atoms with van der Waals surface area (Å²) in [4.78, 5) is 27.4. The molecule has 1 saturated heterocycles. The highest BCUT2D eigenvalue weighted by molar-refractivity contribution is 6.33. The van der Waals surface area contributed by atoms with Crippen molar-refractivity contribution in [2.24, 2.45) is 0 Å². The van der Waals surface area contributed by atoms with Gasteiger partial charge in [0.25, 0.3) is 5.91 Å². The van der Waals surface area contributed by atoms with Gasteiger partial charge in [-0.1, -0.05) is 29.8 Å². The molecule has 38 heavy (non-hydrogen) atoms. The number of carbonyl (C=O) groups excluding carboxylic acids is 1. The van der Waals surface area contributed by atoms with Gasteiger partial charge in [0, 0.05) is 35.1 Å². The van der Waals surface area contributed by atoms with E-state index in [9.17, 15) is 4.79 Å². The molecule has 0 radical (unpaired) electrons. The van der Waals surface area contributed by atoms with Crippen molar-refractivity contribution in [3.05, 3.63) is 83.9 Å². The lowest BCUT2D eigenvalue weighted by atomic mass is 10.1. The van der Waals surface area contributed by atoms with Crippen LogP contribution in [0.5, 0.6) is 5.75 Å². The van der Waals surface area contributed by atoms with Gasteiger partial charge in [-0.25, -0.2) is 9.97 Å². The number of amides is 1. The molecule has 1 amide bonds. The summed E-state index contributed by atoms with van der Waals surface area (Å²) in [5, 5.41) is 3.32. The van der Waals surface area contributed by atoms with E-state index in [0.29, 0.717) is 34.4 Å². The van der Waals surface area contributed by atoms with Gasteiger partial charge in [-0.3, -0.25) is 9.69 Å². The molecular formula is C29H26ClN5O3. The Balaban J connectivity index is 1.24. The molecule has 6 rings (SSSR count). The summed E-state index contributed by atoms with van der Waals surface area (Å²) in [6.45, 7) is 3.87. The number of furan rings is 1. The fourth-order valence-electron chi connectivity index (χ4n) is 4.68. The van der Waals surface area contributed by atoms with Gasteiger partial charge in [0.15, 0.2) is 11.4 Å². The third kappa shape index (κ3) is 5.14. The minimum atomic E-state index is -0.347. The largest absolute Gasteiger partial charge is 0.492 e. The topological polar surface area (TPSA) is 96.3 Å². The van der Waals surface area contributed by atoms with Crippen molar-refractivity contribution in [1.29, 1.82) is 0 Å². The lowest BCUT2D eigenvalue weighted by molar-refractivity contribution is 0.0996. The van der Waals surface area contributed by atoms with E-state index in [2.05, 4.69) is 25.2 Å². The van der Waals surface area contributed by atoms with Crippen LogP contribution in [-0.2, 0) is 0 Å². The van der Waals surface area contributed by atoms with Gasteiger partial charge in [0.05, 0.1) is 16.8 Å². The van der Waals surface area contributed by atoms with Crippen LogP contribution in [-0.4, -0.2) is 52.0 Å². The van der Waals surface area contributed by atoms with Crippen molar-refractivity contribution < 1.29 is 13.9 Å². The average Bonchev–Trinajstić information content (AvgIpc) is 3.72. The second-order valence-corrected chi connectivity index (χ2v) is 9.61. The van der Waals surface area contributed by atoms with E-state index >= 15 is 0 Å². The Morgan fingerprint density at radius 2 is 1.95 bits per heavy atom. The van der Waals surface area contributed by atoms with Gasteiger partial charge in [-0.2, -0.15) is 0 Å². The van der Waals surface area contributed by atoms with E-state index in [1.165, 1.54) is 19.1 Å². The van der Waals surface area contributed by atoms with Crippen LogP contribution in [0, 0.1) is 0 Å². The summed E-state index contributed by atoms with van der Waals surface area (Å²) >= 11 is 6.51. The summed E-state index contributed by atoms with van der Waals surface area (Å²) in [6, 6.07) is 18.5. The second kappa shape index (κ2) is 10.7. The fourth-order valence-corrected chi connectivity index (χ4v) is 4.89. The highest BCUT2D eigenvalue weighted by atomic mass is 35.5. The summed E-state index contributed by atoms with van der Waals surface area (Å²) in [5.41, 5.74) is 4.45. The number of hydrogen-bond acceptors (Lipinski definition) is 6. The summed E-state index contributed by atoms with van der Waals surface area (Å²) in [5.74, 6) is 1.26. The minimum Gasteiger partial charge on any atom is -0.492 e. The molecular weight excluding hydrogens is 502 g/mol. The molecule has 2 aromatic carbocycles. The number of para-hydroxylation sites is 1. The lowest BCUT2D eigenvalue weighted by Gasteiger charge is -2.16. The first-order chi connectivity index (χ1) is 18.6.